The van der Waals surface area contributed by atoms with Crippen LogP contribution in [0.3, 0.4) is 0 Å². The van der Waals surface area contributed by atoms with E-state index in [0.29, 0.717) is 12.5 Å². The van der Waals surface area contributed by atoms with Crippen molar-refractivity contribution >= 4 is 15.9 Å². The topological polar surface area (TPSA) is 38.7 Å². The Morgan fingerprint density at radius 1 is 1.30 bits per heavy atom. The molecule has 1 heterocycles. The first-order valence-electron chi connectivity index (χ1n) is 7.34. The van der Waals surface area contributed by atoms with Crippen LogP contribution in [-0.2, 0) is 4.74 Å². The van der Waals surface area contributed by atoms with Crippen molar-refractivity contribution in [3.05, 3.63) is 28.7 Å². The van der Waals surface area contributed by atoms with E-state index >= 15 is 0 Å². The molecule has 2 unspecified atom stereocenters. The number of aliphatic hydroxyl groups excluding tert-OH is 1. The van der Waals surface area contributed by atoms with Crippen LogP contribution >= 0.6 is 15.9 Å². The van der Waals surface area contributed by atoms with Gasteiger partial charge in [0.25, 0.3) is 0 Å². The lowest BCUT2D eigenvalue weighted by Gasteiger charge is -2.32. The highest BCUT2D eigenvalue weighted by atomic mass is 79.9. The van der Waals surface area contributed by atoms with E-state index in [1.54, 1.807) is 0 Å². The third-order valence-electron chi connectivity index (χ3n) is 4.55. The second-order valence-corrected chi connectivity index (χ2v) is 6.87. The average molecular weight is 341 g/mol. The Balaban J connectivity index is 1.56. The molecule has 1 aliphatic carbocycles. The molecular formula is C16H21BrO3. The molecule has 2 atom stereocenters. The summed E-state index contributed by atoms with van der Waals surface area (Å²) in [6, 6.07) is 7.87. The summed E-state index contributed by atoms with van der Waals surface area (Å²) in [6.07, 6.45) is 4.55. The fourth-order valence-corrected chi connectivity index (χ4v) is 3.43. The third kappa shape index (κ3) is 3.02. The first-order chi connectivity index (χ1) is 9.73. The monoisotopic (exact) mass is 340 g/mol. The highest BCUT2D eigenvalue weighted by Gasteiger charge is 2.50. The molecule has 2 fully saturated rings. The number of hydrogen-bond acceptors (Lipinski definition) is 3. The van der Waals surface area contributed by atoms with Gasteiger partial charge in [0, 0.05) is 16.5 Å². The van der Waals surface area contributed by atoms with Crippen LogP contribution < -0.4 is 4.74 Å². The van der Waals surface area contributed by atoms with Crippen molar-refractivity contribution < 1.29 is 14.6 Å². The average Bonchev–Trinajstić information content (AvgIpc) is 3.22. The number of rotatable bonds is 6. The van der Waals surface area contributed by atoms with Crippen molar-refractivity contribution in [1.29, 1.82) is 0 Å². The molecule has 1 N–H and O–H groups in total. The van der Waals surface area contributed by atoms with Crippen LogP contribution in [0.2, 0.25) is 0 Å². The van der Waals surface area contributed by atoms with Crippen LogP contribution in [0.4, 0.5) is 0 Å². The predicted molar refractivity (Wildman–Crippen MR) is 80.9 cm³/mol. The lowest BCUT2D eigenvalue weighted by molar-refractivity contribution is -0.0105. The van der Waals surface area contributed by atoms with E-state index in [-0.39, 0.29) is 18.1 Å². The molecule has 3 rings (SSSR count). The van der Waals surface area contributed by atoms with Crippen molar-refractivity contribution in [3.8, 4) is 5.75 Å². The van der Waals surface area contributed by atoms with Crippen molar-refractivity contribution in [3.63, 3.8) is 0 Å². The largest absolute Gasteiger partial charge is 0.494 e. The van der Waals surface area contributed by atoms with E-state index < -0.39 is 0 Å². The van der Waals surface area contributed by atoms with Gasteiger partial charge in [-0.3, -0.25) is 0 Å². The molecule has 110 valence electrons. The maximum atomic E-state index is 9.86. The highest BCUT2D eigenvalue weighted by molar-refractivity contribution is 9.10. The normalized spacial score (nSPS) is 29.6. The van der Waals surface area contributed by atoms with Gasteiger partial charge in [0.05, 0.1) is 19.3 Å². The van der Waals surface area contributed by atoms with E-state index in [1.807, 2.05) is 24.3 Å². The first-order valence-corrected chi connectivity index (χ1v) is 8.14. The summed E-state index contributed by atoms with van der Waals surface area (Å²) in [5.41, 5.74) is -0.0868. The smallest absolute Gasteiger partial charge is 0.119 e. The van der Waals surface area contributed by atoms with Crippen molar-refractivity contribution in [2.45, 2.75) is 31.8 Å². The van der Waals surface area contributed by atoms with E-state index in [1.165, 1.54) is 12.8 Å². The number of benzene rings is 1. The van der Waals surface area contributed by atoms with Crippen molar-refractivity contribution in [1.82, 2.24) is 0 Å². The van der Waals surface area contributed by atoms with Gasteiger partial charge in [0.15, 0.2) is 0 Å². The molecule has 0 radical (unpaired) electrons. The van der Waals surface area contributed by atoms with E-state index in [4.69, 9.17) is 9.47 Å². The quantitative estimate of drug-likeness (QED) is 0.862. The summed E-state index contributed by atoms with van der Waals surface area (Å²) in [5, 5.41) is 9.86. The zero-order valence-corrected chi connectivity index (χ0v) is 13.1. The molecule has 0 bridgehead atoms. The van der Waals surface area contributed by atoms with Crippen LogP contribution in [-0.4, -0.2) is 31.0 Å². The number of hydrogen-bond donors (Lipinski definition) is 1. The van der Waals surface area contributed by atoms with Crippen molar-refractivity contribution in [2.75, 3.05) is 19.8 Å². The SMILES string of the molecule is OCC1(CCOc2ccc(Br)cc2)CCOC1C1CC1. The Morgan fingerprint density at radius 3 is 2.70 bits per heavy atom. The Morgan fingerprint density at radius 2 is 2.05 bits per heavy atom. The van der Waals surface area contributed by atoms with Gasteiger partial charge in [-0.2, -0.15) is 0 Å². The summed E-state index contributed by atoms with van der Waals surface area (Å²) >= 11 is 3.41. The molecule has 20 heavy (non-hydrogen) atoms. The Labute approximate surface area is 128 Å². The minimum absolute atomic E-state index is 0.0868. The molecule has 0 amide bonds. The summed E-state index contributed by atoms with van der Waals surface area (Å²) in [5.74, 6) is 1.54. The zero-order valence-electron chi connectivity index (χ0n) is 11.6. The number of ether oxygens (including phenoxy) is 2. The Hall–Kier alpha value is -0.580. The minimum Gasteiger partial charge on any atom is -0.494 e. The molecule has 3 nitrogen and oxygen atoms in total. The van der Waals surface area contributed by atoms with E-state index in [2.05, 4.69) is 15.9 Å². The number of halogens is 1. The molecular weight excluding hydrogens is 320 g/mol. The second-order valence-electron chi connectivity index (χ2n) is 5.95. The van der Waals surface area contributed by atoms with Crippen LogP contribution in [0.25, 0.3) is 0 Å². The zero-order chi connectivity index (χ0) is 14.0. The van der Waals surface area contributed by atoms with Gasteiger partial charge >= 0.3 is 0 Å². The standard InChI is InChI=1S/C16H21BrO3/c17-13-3-5-14(6-4-13)19-9-7-16(11-18)8-10-20-15(16)12-1-2-12/h3-6,12,15,18H,1-2,7-11H2. The second kappa shape index (κ2) is 6.04. The first kappa shape index (κ1) is 14.4. The minimum atomic E-state index is -0.0868. The maximum absolute atomic E-state index is 9.86. The molecule has 1 aromatic carbocycles. The molecule has 4 heteroatoms. The van der Waals surface area contributed by atoms with Crippen molar-refractivity contribution in [2.24, 2.45) is 11.3 Å². The van der Waals surface area contributed by atoms with Crippen LogP contribution in [0.1, 0.15) is 25.7 Å². The Kier molecular flexibility index (Phi) is 4.34. The van der Waals surface area contributed by atoms with Gasteiger partial charge < -0.3 is 14.6 Å². The molecule has 0 aromatic heterocycles. The van der Waals surface area contributed by atoms with Gasteiger partial charge in [-0.05, 0) is 55.9 Å². The van der Waals surface area contributed by atoms with Gasteiger partial charge in [0.2, 0.25) is 0 Å². The molecule has 0 spiro atoms. The molecule has 1 saturated heterocycles. The van der Waals surface area contributed by atoms with E-state index in [0.717, 1.165) is 29.7 Å². The Bertz CT molecular complexity index is 444. The summed E-state index contributed by atoms with van der Waals surface area (Å²) in [4.78, 5) is 0. The third-order valence-corrected chi connectivity index (χ3v) is 5.08. The fourth-order valence-electron chi connectivity index (χ4n) is 3.16. The van der Waals surface area contributed by atoms with Gasteiger partial charge in [-0.15, -0.1) is 0 Å². The van der Waals surface area contributed by atoms with Gasteiger partial charge in [-0.25, -0.2) is 0 Å². The summed E-state index contributed by atoms with van der Waals surface area (Å²) in [7, 11) is 0. The van der Waals surface area contributed by atoms with E-state index in [9.17, 15) is 5.11 Å². The summed E-state index contributed by atoms with van der Waals surface area (Å²) in [6.45, 7) is 1.62. The van der Waals surface area contributed by atoms with Crippen LogP contribution in [0.15, 0.2) is 28.7 Å². The maximum Gasteiger partial charge on any atom is 0.119 e. The molecule has 1 saturated carbocycles. The molecule has 1 aromatic rings. The lowest BCUT2D eigenvalue weighted by atomic mass is 9.77. The van der Waals surface area contributed by atoms with Gasteiger partial charge in [-0.1, -0.05) is 15.9 Å². The molecule has 2 aliphatic rings. The molecule has 1 aliphatic heterocycles. The fraction of sp³-hybridized carbons (Fsp3) is 0.625. The van der Waals surface area contributed by atoms with Gasteiger partial charge in [0.1, 0.15) is 5.75 Å². The predicted octanol–water partition coefficient (Wildman–Crippen LogP) is 3.40. The van der Waals surface area contributed by atoms with Crippen LogP contribution in [0, 0.1) is 11.3 Å². The van der Waals surface area contributed by atoms with Crippen LogP contribution in [0.5, 0.6) is 5.75 Å². The lowest BCUT2D eigenvalue weighted by Crippen LogP contribution is -2.37. The summed E-state index contributed by atoms with van der Waals surface area (Å²) < 4.78 is 12.7. The highest BCUT2D eigenvalue weighted by Crippen LogP contribution is 2.49. The number of aliphatic hydroxyl groups is 1.